The molecule has 0 aliphatic rings. The average Bonchev–Trinajstić information content (AvgIpc) is 2.75. The lowest BCUT2D eigenvalue weighted by Crippen LogP contribution is -2.20. The molecule has 0 aliphatic heterocycles. The fourth-order valence-corrected chi connectivity index (χ4v) is 2.86. The number of alkyl halides is 3. The van der Waals surface area contributed by atoms with Crippen LogP contribution in [-0.4, -0.2) is 17.1 Å². The monoisotopic (exact) mass is 389 g/mol. The molecule has 1 aromatic carbocycles. The number of ether oxygens (including phenoxy) is 1. The molecule has 1 heterocycles. The molecule has 0 saturated carbocycles. The van der Waals surface area contributed by atoms with Gasteiger partial charge in [0.25, 0.3) is 0 Å². The number of carbonyl (C=O) groups excluding carboxylic acids is 1. The van der Waals surface area contributed by atoms with E-state index in [1.807, 2.05) is 0 Å². The van der Waals surface area contributed by atoms with Crippen LogP contribution in [0.3, 0.4) is 0 Å². The first-order chi connectivity index (χ1) is 10.7. The van der Waals surface area contributed by atoms with Crippen molar-refractivity contribution >= 4 is 21.9 Å². The van der Waals surface area contributed by atoms with Gasteiger partial charge in [-0.3, -0.25) is 0 Å². The Hall–Kier alpha value is -1.76. The van der Waals surface area contributed by atoms with Gasteiger partial charge in [-0.05, 0) is 43.2 Å². The number of halogens is 4. The third kappa shape index (κ3) is 3.96. The van der Waals surface area contributed by atoms with Crippen LogP contribution in [0.4, 0.5) is 13.2 Å². The van der Waals surface area contributed by atoms with Crippen LogP contribution in [0.2, 0.25) is 0 Å². The molecule has 23 heavy (non-hydrogen) atoms. The molecule has 0 fully saturated rings. The summed E-state index contributed by atoms with van der Waals surface area (Å²) in [6, 6.07) is 8.15. The number of hydrogen-bond donors (Lipinski definition) is 0. The van der Waals surface area contributed by atoms with Crippen molar-refractivity contribution in [3.8, 4) is 0 Å². The Morgan fingerprint density at radius 2 is 2.00 bits per heavy atom. The normalized spacial score (nSPS) is 11.6. The predicted molar refractivity (Wildman–Crippen MR) is 83.4 cm³/mol. The van der Waals surface area contributed by atoms with Gasteiger partial charge < -0.3 is 9.30 Å². The molecule has 0 amide bonds. The summed E-state index contributed by atoms with van der Waals surface area (Å²) < 4.78 is 46.7. The lowest BCUT2D eigenvalue weighted by molar-refractivity contribution is -0.143. The highest BCUT2D eigenvalue weighted by atomic mass is 79.9. The topological polar surface area (TPSA) is 31.2 Å². The molecule has 3 nitrogen and oxygen atoms in total. The van der Waals surface area contributed by atoms with Gasteiger partial charge in [-0.2, -0.15) is 13.2 Å². The lowest BCUT2D eigenvalue weighted by atomic mass is 10.2. The van der Waals surface area contributed by atoms with Gasteiger partial charge in [0.1, 0.15) is 11.4 Å². The molecule has 0 saturated heterocycles. The fraction of sp³-hybridized carbons (Fsp3) is 0.312. The molecule has 0 spiro atoms. The Labute approximate surface area is 140 Å². The maximum Gasteiger partial charge on any atom is 0.431 e. The number of rotatable bonds is 4. The number of aromatic nitrogens is 1. The van der Waals surface area contributed by atoms with Crippen molar-refractivity contribution in [3.63, 3.8) is 0 Å². The van der Waals surface area contributed by atoms with Gasteiger partial charge in [-0.25, -0.2) is 4.79 Å². The fourth-order valence-electron chi connectivity index (χ4n) is 2.42. The number of benzene rings is 1. The van der Waals surface area contributed by atoms with Crippen LogP contribution in [0.15, 0.2) is 34.8 Å². The minimum absolute atomic E-state index is 0.00412. The highest BCUT2D eigenvalue weighted by molar-refractivity contribution is 9.10. The smallest absolute Gasteiger partial charge is 0.431 e. The van der Waals surface area contributed by atoms with E-state index in [0.717, 1.165) is 9.04 Å². The first kappa shape index (κ1) is 17.6. The summed E-state index contributed by atoms with van der Waals surface area (Å²) in [5.41, 5.74) is -0.293. The molecule has 0 aliphatic carbocycles. The van der Waals surface area contributed by atoms with Gasteiger partial charge in [0, 0.05) is 11.0 Å². The molecule has 0 unspecified atom stereocenters. The molecule has 0 N–H and O–H groups in total. The van der Waals surface area contributed by atoms with Crippen molar-refractivity contribution in [2.45, 2.75) is 26.6 Å². The van der Waals surface area contributed by atoms with Crippen molar-refractivity contribution in [2.75, 3.05) is 6.61 Å². The second-order valence-electron chi connectivity index (χ2n) is 5.00. The minimum atomic E-state index is -4.55. The third-order valence-corrected chi connectivity index (χ3v) is 3.76. The second kappa shape index (κ2) is 6.78. The quantitative estimate of drug-likeness (QED) is 0.703. The zero-order chi connectivity index (χ0) is 17.2. The SMILES string of the molecule is CCOC(=O)c1cc(C)c(C(F)(F)F)n1Cc1cccc(Br)c1. The predicted octanol–water partition coefficient (Wildman–Crippen LogP) is 4.80. The zero-order valence-corrected chi connectivity index (χ0v) is 14.2. The molecule has 7 heteroatoms. The van der Waals surface area contributed by atoms with Gasteiger partial charge in [0.15, 0.2) is 0 Å². The van der Waals surface area contributed by atoms with Gasteiger partial charge in [0.05, 0.1) is 6.61 Å². The minimum Gasteiger partial charge on any atom is -0.461 e. The van der Waals surface area contributed by atoms with Crippen LogP contribution >= 0.6 is 15.9 Å². The van der Waals surface area contributed by atoms with Crippen LogP contribution in [0.5, 0.6) is 0 Å². The molecular formula is C16H15BrF3NO2. The van der Waals surface area contributed by atoms with Crippen molar-refractivity contribution < 1.29 is 22.7 Å². The van der Waals surface area contributed by atoms with Crippen LogP contribution in [-0.2, 0) is 17.5 Å². The van der Waals surface area contributed by atoms with E-state index < -0.39 is 17.8 Å². The van der Waals surface area contributed by atoms with Crippen molar-refractivity contribution in [1.82, 2.24) is 4.57 Å². The standard InChI is InChI=1S/C16H15BrF3NO2/c1-3-23-15(22)13-7-10(2)14(16(18,19)20)21(13)9-11-5-4-6-12(17)8-11/h4-8H,3,9H2,1-2H3. The summed E-state index contributed by atoms with van der Waals surface area (Å²) >= 11 is 3.29. The van der Waals surface area contributed by atoms with E-state index in [1.54, 1.807) is 31.2 Å². The first-order valence-corrected chi connectivity index (χ1v) is 7.72. The van der Waals surface area contributed by atoms with Crippen molar-refractivity contribution in [2.24, 2.45) is 0 Å². The van der Waals surface area contributed by atoms with E-state index in [-0.39, 0.29) is 24.4 Å². The van der Waals surface area contributed by atoms with E-state index in [9.17, 15) is 18.0 Å². The number of aryl methyl sites for hydroxylation is 1. The Morgan fingerprint density at radius 1 is 1.30 bits per heavy atom. The molecule has 0 atom stereocenters. The molecular weight excluding hydrogens is 375 g/mol. The number of hydrogen-bond acceptors (Lipinski definition) is 2. The van der Waals surface area contributed by atoms with E-state index >= 15 is 0 Å². The highest BCUT2D eigenvalue weighted by Gasteiger charge is 2.38. The van der Waals surface area contributed by atoms with Crippen LogP contribution in [0.25, 0.3) is 0 Å². The maximum absolute atomic E-state index is 13.4. The second-order valence-corrected chi connectivity index (χ2v) is 5.91. The summed E-state index contributed by atoms with van der Waals surface area (Å²) in [6.45, 7) is 2.97. The van der Waals surface area contributed by atoms with Crippen molar-refractivity contribution in [1.29, 1.82) is 0 Å². The van der Waals surface area contributed by atoms with Crippen LogP contribution in [0.1, 0.15) is 34.2 Å². The Bertz CT molecular complexity index is 723. The third-order valence-electron chi connectivity index (χ3n) is 3.27. The molecule has 0 bridgehead atoms. The maximum atomic E-state index is 13.4. The Morgan fingerprint density at radius 3 is 2.57 bits per heavy atom. The first-order valence-electron chi connectivity index (χ1n) is 6.93. The molecule has 1 aromatic heterocycles. The van der Waals surface area contributed by atoms with E-state index in [2.05, 4.69) is 15.9 Å². The number of carbonyl (C=O) groups is 1. The van der Waals surface area contributed by atoms with Gasteiger partial charge >= 0.3 is 12.1 Å². The van der Waals surface area contributed by atoms with Gasteiger partial charge in [0.2, 0.25) is 0 Å². The zero-order valence-electron chi connectivity index (χ0n) is 12.6. The number of nitrogens with zero attached hydrogens (tertiary/aromatic N) is 1. The molecule has 2 aromatic rings. The Kier molecular flexibility index (Phi) is 5.19. The van der Waals surface area contributed by atoms with Crippen LogP contribution < -0.4 is 0 Å². The molecule has 2 rings (SSSR count). The van der Waals surface area contributed by atoms with E-state index in [0.29, 0.717) is 5.56 Å². The summed E-state index contributed by atoms with van der Waals surface area (Å²) in [7, 11) is 0. The summed E-state index contributed by atoms with van der Waals surface area (Å²) in [5, 5.41) is 0. The largest absolute Gasteiger partial charge is 0.461 e. The van der Waals surface area contributed by atoms with E-state index in [1.165, 1.54) is 13.0 Å². The van der Waals surface area contributed by atoms with Crippen molar-refractivity contribution in [3.05, 3.63) is 57.3 Å². The highest BCUT2D eigenvalue weighted by Crippen LogP contribution is 2.35. The van der Waals surface area contributed by atoms with E-state index in [4.69, 9.17) is 4.74 Å². The summed E-state index contributed by atoms with van der Waals surface area (Å²) in [6.07, 6.45) is -4.55. The molecule has 124 valence electrons. The van der Waals surface area contributed by atoms with Crippen LogP contribution in [0, 0.1) is 6.92 Å². The van der Waals surface area contributed by atoms with Gasteiger partial charge in [-0.1, -0.05) is 28.1 Å². The Balaban J connectivity index is 2.55. The summed E-state index contributed by atoms with van der Waals surface area (Å²) in [5.74, 6) is -0.763. The average molecular weight is 390 g/mol. The lowest BCUT2D eigenvalue weighted by Gasteiger charge is -2.16. The molecule has 0 radical (unpaired) electrons. The van der Waals surface area contributed by atoms with Gasteiger partial charge in [-0.15, -0.1) is 0 Å². The number of esters is 1. The summed E-state index contributed by atoms with van der Waals surface area (Å²) in [4.78, 5) is 12.0.